The number of fused-ring (bicyclic) bond motifs is 1. The number of aromatic nitrogens is 2. The molecule has 0 aliphatic rings. The van der Waals surface area contributed by atoms with Gasteiger partial charge in [-0.1, -0.05) is 6.07 Å². The molecule has 0 radical (unpaired) electrons. The molecule has 1 heterocycles. The first kappa shape index (κ1) is 10.0. The predicted molar refractivity (Wildman–Crippen MR) is 50.5 cm³/mol. The topological polar surface area (TPSA) is 17.8 Å². The van der Waals surface area contributed by atoms with Crippen LogP contribution in [-0.4, -0.2) is 9.78 Å². The van der Waals surface area contributed by atoms with Gasteiger partial charge in [0.05, 0.1) is 16.8 Å². The van der Waals surface area contributed by atoms with Gasteiger partial charge in [-0.3, -0.25) is 4.68 Å². The van der Waals surface area contributed by atoms with Crippen LogP contribution in [0, 0.1) is 6.92 Å². The maximum Gasteiger partial charge on any atom is 0.417 e. The van der Waals surface area contributed by atoms with Crippen LogP contribution in [0.25, 0.3) is 10.9 Å². The number of hydrogen-bond acceptors (Lipinski definition) is 1. The van der Waals surface area contributed by atoms with Crippen LogP contribution < -0.4 is 0 Å². The molecule has 15 heavy (non-hydrogen) atoms. The second-order valence-corrected chi connectivity index (χ2v) is 3.41. The van der Waals surface area contributed by atoms with Gasteiger partial charge in [0.1, 0.15) is 0 Å². The van der Waals surface area contributed by atoms with Crippen LogP contribution in [0.3, 0.4) is 0 Å². The normalized spacial score (nSPS) is 12.3. The van der Waals surface area contributed by atoms with Crippen LogP contribution in [0.2, 0.25) is 0 Å². The molecule has 5 heteroatoms. The van der Waals surface area contributed by atoms with Crippen molar-refractivity contribution in [3.05, 3.63) is 29.5 Å². The highest BCUT2D eigenvalue weighted by atomic mass is 19.4. The molecule has 2 rings (SSSR count). The number of alkyl halides is 3. The first-order valence-electron chi connectivity index (χ1n) is 4.41. The van der Waals surface area contributed by atoms with Gasteiger partial charge < -0.3 is 0 Å². The van der Waals surface area contributed by atoms with Gasteiger partial charge in [-0.05, 0) is 19.1 Å². The van der Waals surface area contributed by atoms with Crippen molar-refractivity contribution in [3.8, 4) is 0 Å². The summed E-state index contributed by atoms with van der Waals surface area (Å²) >= 11 is 0. The standard InChI is InChI=1S/C10H9F3N2/c1-6-9-7(10(11,12)13)4-3-5-8(9)15(2)14-6/h3-5H,1-2H3. The highest BCUT2D eigenvalue weighted by molar-refractivity contribution is 5.85. The van der Waals surface area contributed by atoms with Gasteiger partial charge in [0.25, 0.3) is 0 Å². The molecule has 80 valence electrons. The summed E-state index contributed by atoms with van der Waals surface area (Å²) in [5.41, 5.74) is 0.286. The Bertz CT molecular complexity index is 511. The Kier molecular flexibility index (Phi) is 1.99. The molecule has 0 aliphatic carbocycles. The zero-order valence-electron chi connectivity index (χ0n) is 8.26. The summed E-state index contributed by atoms with van der Waals surface area (Å²) in [5.74, 6) is 0. The number of aryl methyl sites for hydroxylation is 2. The summed E-state index contributed by atoms with van der Waals surface area (Å²) in [7, 11) is 1.63. The smallest absolute Gasteiger partial charge is 0.268 e. The average molecular weight is 214 g/mol. The van der Waals surface area contributed by atoms with Gasteiger partial charge in [-0.15, -0.1) is 0 Å². The lowest BCUT2D eigenvalue weighted by Gasteiger charge is -2.07. The maximum atomic E-state index is 12.7. The fourth-order valence-electron chi connectivity index (χ4n) is 1.76. The largest absolute Gasteiger partial charge is 0.417 e. The minimum Gasteiger partial charge on any atom is -0.268 e. The number of hydrogen-bond donors (Lipinski definition) is 0. The van der Waals surface area contributed by atoms with E-state index in [1.165, 1.54) is 10.7 Å². The van der Waals surface area contributed by atoms with E-state index in [-0.39, 0.29) is 5.39 Å². The predicted octanol–water partition coefficient (Wildman–Crippen LogP) is 2.90. The van der Waals surface area contributed by atoms with E-state index in [1.54, 1.807) is 20.0 Å². The van der Waals surface area contributed by atoms with E-state index in [2.05, 4.69) is 5.10 Å². The molecule has 0 atom stereocenters. The van der Waals surface area contributed by atoms with Crippen LogP contribution in [-0.2, 0) is 13.2 Å². The number of rotatable bonds is 0. The Morgan fingerprint density at radius 2 is 1.93 bits per heavy atom. The van der Waals surface area contributed by atoms with Crippen molar-refractivity contribution in [2.75, 3.05) is 0 Å². The minimum atomic E-state index is -4.33. The minimum absolute atomic E-state index is 0.188. The lowest BCUT2D eigenvalue weighted by Crippen LogP contribution is -2.05. The second-order valence-electron chi connectivity index (χ2n) is 3.41. The van der Waals surface area contributed by atoms with Crippen LogP contribution in [0.1, 0.15) is 11.3 Å². The van der Waals surface area contributed by atoms with Gasteiger partial charge >= 0.3 is 6.18 Å². The Morgan fingerprint density at radius 1 is 1.27 bits per heavy atom. The molecule has 2 aromatic rings. The van der Waals surface area contributed by atoms with Gasteiger partial charge in [0.2, 0.25) is 0 Å². The van der Waals surface area contributed by atoms with Crippen LogP contribution >= 0.6 is 0 Å². The van der Waals surface area contributed by atoms with E-state index >= 15 is 0 Å². The third-order valence-electron chi connectivity index (χ3n) is 2.36. The van der Waals surface area contributed by atoms with E-state index in [1.807, 2.05) is 0 Å². The van der Waals surface area contributed by atoms with Crippen molar-refractivity contribution in [3.63, 3.8) is 0 Å². The molecule has 0 spiro atoms. The molecule has 0 N–H and O–H groups in total. The summed E-state index contributed by atoms with van der Waals surface area (Å²) in [6, 6.07) is 4.11. The van der Waals surface area contributed by atoms with E-state index in [4.69, 9.17) is 0 Å². The lowest BCUT2D eigenvalue weighted by molar-refractivity contribution is -0.136. The Morgan fingerprint density at radius 3 is 2.53 bits per heavy atom. The quantitative estimate of drug-likeness (QED) is 0.659. The molecule has 2 nitrogen and oxygen atoms in total. The molecule has 0 aliphatic heterocycles. The molecule has 0 amide bonds. The van der Waals surface area contributed by atoms with E-state index in [0.717, 1.165) is 6.07 Å². The average Bonchev–Trinajstić information content (AvgIpc) is 2.41. The summed E-state index contributed by atoms with van der Waals surface area (Å²) in [5, 5.41) is 4.17. The number of benzene rings is 1. The molecular weight excluding hydrogens is 205 g/mol. The molecule has 1 aromatic carbocycles. The fraction of sp³-hybridized carbons (Fsp3) is 0.300. The van der Waals surface area contributed by atoms with E-state index in [9.17, 15) is 13.2 Å². The SMILES string of the molecule is Cc1nn(C)c2cccc(C(F)(F)F)c12. The van der Waals surface area contributed by atoms with Gasteiger partial charge in [-0.25, -0.2) is 0 Å². The Balaban J connectivity index is 2.87. The molecule has 0 saturated heterocycles. The molecule has 0 saturated carbocycles. The summed E-state index contributed by atoms with van der Waals surface area (Å²) in [6.45, 7) is 1.58. The highest BCUT2D eigenvalue weighted by Crippen LogP contribution is 2.35. The van der Waals surface area contributed by atoms with Crippen LogP contribution in [0.4, 0.5) is 13.2 Å². The summed E-state index contributed by atoms with van der Waals surface area (Å²) in [6.07, 6.45) is -4.33. The zero-order chi connectivity index (χ0) is 11.2. The van der Waals surface area contributed by atoms with Crippen LogP contribution in [0.5, 0.6) is 0 Å². The fourth-order valence-corrected chi connectivity index (χ4v) is 1.76. The zero-order valence-corrected chi connectivity index (χ0v) is 8.26. The number of halogens is 3. The Labute approximate surface area is 84.3 Å². The first-order chi connectivity index (χ1) is 6.91. The third kappa shape index (κ3) is 1.48. The van der Waals surface area contributed by atoms with Gasteiger partial charge in [0, 0.05) is 12.4 Å². The van der Waals surface area contributed by atoms with Crippen molar-refractivity contribution in [2.45, 2.75) is 13.1 Å². The summed E-state index contributed by atoms with van der Waals surface area (Å²) in [4.78, 5) is 0. The summed E-state index contributed by atoms with van der Waals surface area (Å²) < 4.78 is 39.5. The van der Waals surface area contributed by atoms with Gasteiger partial charge in [-0.2, -0.15) is 18.3 Å². The lowest BCUT2D eigenvalue weighted by atomic mass is 10.1. The Hall–Kier alpha value is -1.52. The second kappa shape index (κ2) is 2.98. The van der Waals surface area contributed by atoms with Crippen molar-refractivity contribution in [2.24, 2.45) is 7.05 Å². The molecule has 0 bridgehead atoms. The number of nitrogens with zero attached hydrogens (tertiary/aromatic N) is 2. The van der Waals surface area contributed by atoms with Crippen LogP contribution in [0.15, 0.2) is 18.2 Å². The van der Waals surface area contributed by atoms with Crippen molar-refractivity contribution >= 4 is 10.9 Å². The molecule has 0 fully saturated rings. The maximum absolute atomic E-state index is 12.7. The molecule has 1 aromatic heterocycles. The van der Waals surface area contributed by atoms with Gasteiger partial charge in [0.15, 0.2) is 0 Å². The van der Waals surface area contributed by atoms with E-state index in [0.29, 0.717) is 11.2 Å². The van der Waals surface area contributed by atoms with Crippen molar-refractivity contribution < 1.29 is 13.2 Å². The third-order valence-corrected chi connectivity index (χ3v) is 2.36. The highest BCUT2D eigenvalue weighted by Gasteiger charge is 2.33. The monoisotopic (exact) mass is 214 g/mol. The van der Waals surface area contributed by atoms with E-state index < -0.39 is 11.7 Å². The molecule has 0 unspecified atom stereocenters. The van der Waals surface area contributed by atoms with Crippen molar-refractivity contribution in [1.82, 2.24) is 9.78 Å². The van der Waals surface area contributed by atoms with Crippen molar-refractivity contribution in [1.29, 1.82) is 0 Å². The first-order valence-corrected chi connectivity index (χ1v) is 4.41. The molecular formula is C10H9F3N2.